The number of nitrogens with one attached hydrogen (secondary N) is 2. The Balaban J connectivity index is 1.56. The second-order valence-electron chi connectivity index (χ2n) is 5.45. The molecule has 3 rings (SSSR count). The van der Waals surface area contributed by atoms with E-state index >= 15 is 0 Å². The number of furan rings is 1. The molecule has 0 saturated carbocycles. The molecular formula is C19H18N2O5S. The van der Waals surface area contributed by atoms with Crippen LogP contribution < -0.4 is 20.1 Å². The van der Waals surface area contributed by atoms with Crippen molar-refractivity contribution >= 4 is 28.8 Å². The minimum absolute atomic E-state index is 0.175. The molecule has 0 atom stereocenters. The van der Waals surface area contributed by atoms with E-state index in [1.165, 1.54) is 24.7 Å². The van der Waals surface area contributed by atoms with Gasteiger partial charge in [0, 0.05) is 16.6 Å². The van der Waals surface area contributed by atoms with Crippen LogP contribution in [0.4, 0.5) is 10.5 Å². The Morgan fingerprint density at radius 2 is 1.89 bits per heavy atom. The van der Waals surface area contributed by atoms with Crippen LogP contribution in [0.15, 0.2) is 53.1 Å². The third kappa shape index (κ3) is 4.48. The van der Waals surface area contributed by atoms with Gasteiger partial charge in [0.05, 0.1) is 31.9 Å². The summed E-state index contributed by atoms with van der Waals surface area (Å²) >= 11 is 1.31. The lowest BCUT2D eigenvalue weighted by Gasteiger charge is -2.11. The van der Waals surface area contributed by atoms with E-state index in [1.807, 2.05) is 0 Å². The normalized spacial score (nSPS) is 10.3. The van der Waals surface area contributed by atoms with E-state index in [0.29, 0.717) is 34.4 Å². The van der Waals surface area contributed by atoms with Gasteiger partial charge in [-0.1, -0.05) is 0 Å². The highest BCUT2D eigenvalue weighted by atomic mass is 32.1. The largest absolute Gasteiger partial charge is 0.493 e. The maximum absolute atomic E-state index is 12.2. The van der Waals surface area contributed by atoms with E-state index < -0.39 is 0 Å². The zero-order valence-corrected chi connectivity index (χ0v) is 15.6. The second kappa shape index (κ2) is 8.41. The predicted molar refractivity (Wildman–Crippen MR) is 102 cm³/mol. The van der Waals surface area contributed by atoms with E-state index in [1.54, 1.807) is 49.6 Å². The maximum atomic E-state index is 12.2. The van der Waals surface area contributed by atoms with Gasteiger partial charge in [-0.25, -0.2) is 4.79 Å². The van der Waals surface area contributed by atoms with Gasteiger partial charge in [0.1, 0.15) is 0 Å². The molecule has 0 fully saturated rings. The van der Waals surface area contributed by atoms with Gasteiger partial charge in [-0.05, 0) is 36.4 Å². The van der Waals surface area contributed by atoms with Crippen molar-refractivity contribution in [1.29, 1.82) is 0 Å². The topological polar surface area (TPSA) is 89.8 Å². The van der Waals surface area contributed by atoms with Crippen molar-refractivity contribution in [3.05, 3.63) is 64.2 Å². The Morgan fingerprint density at radius 3 is 2.59 bits per heavy atom. The molecule has 0 unspecified atom stereocenters. The highest BCUT2D eigenvalue weighted by Gasteiger charge is 2.14. The van der Waals surface area contributed by atoms with Gasteiger partial charge >= 0.3 is 6.03 Å². The summed E-state index contributed by atoms with van der Waals surface area (Å²) in [6.45, 7) is 0.301. The quantitative estimate of drug-likeness (QED) is 0.601. The van der Waals surface area contributed by atoms with Crippen molar-refractivity contribution in [3.8, 4) is 11.5 Å². The molecule has 1 aromatic carbocycles. The van der Waals surface area contributed by atoms with E-state index in [2.05, 4.69) is 10.6 Å². The third-order valence-electron chi connectivity index (χ3n) is 3.69. The molecule has 0 aliphatic carbocycles. The van der Waals surface area contributed by atoms with Gasteiger partial charge in [-0.2, -0.15) is 0 Å². The summed E-state index contributed by atoms with van der Waals surface area (Å²) in [6, 6.07) is 11.5. The van der Waals surface area contributed by atoms with Crippen molar-refractivity contribution in [3.63, 3.8) is 0 Å². The van der Waals surface area contributed by atoms with Crippen LogP contribution in [0.25, 0.3) is 0 Å². The van der Waals surface area contributed by atoms with E-state index in [4.69, 9.17) is 13.9 Å². The van der Waals surface area contributed by atoms with Crippen LogP contribution in [-0.4, -0.2) is 26.0 Å². The second-order valence-corrected chi connectivity index (χ2v) is 6.62. The number of rotatable bonds is 7. The van der Waals surface area contributed by atoms with E-state index in [9.17, 15) is 9.59 Å². The van der Waals surface area contributed by atoms with Crippen molar-refractivity contribution in [2.24, 2.45) is 0 Å². The number of urea groups is 1. The SMILES string of the molecule is COc1ccc(NC(=O)NCc2ccc(C(=O)c3ccco3)s2)cc1OC. The molecule has 2 amide bonds. The fraction of sp³-hybridized carbons (Fsp3) is 0.158. The number of ether oxygens (including phenoxy) is 2. The zero-order chi connectivity index (χ0) is 19.2. The Hall–Kier alpha value is -3.26. The van der Waals surface area contributed by atoms with Crippen LogP contribution in [0.3, 0.4) is 0 Å². The number of hydrogen-bond acceptors (Lipinski definition) is 6. The lowest BCUT2D eigenvalue weighted by Crippen LogP contribution is -2.27. The predicted octanol–water partition coefficient (Wildman–Crippen LogP) is 3.91. The number of benzene rings is 1. The number of amides is 2. The minimum Gasteiger partial charge on any atom is -0.493 e. The van der Waals surface area contributed by atoms with Gasteiger partial charge in [0.2, 0.25) is 5.78 Å². The molecule has 0 radical (unpaired) electrons. The van der Waals surface area contributed by atoms with Gasteiger partial charge in [0.25, 0.3) is 0 Å². The summed E-state index contributed by atoms with van der Waals surface area (Å²) in [5.41, 5.74) is 0.574. The molecule has 0 aliphatic heterocycles. The lowest BCUT2D eigenvalue weighted by atomic mass is 10.2. The third-order valence-corrected chi connectivity index (χ3v) is 4.78. The summed E-state index contributed by atoms with van der Waals surface area (Å²) in [4.78, 5) is 25.7. The zero-order valence-electron chi connectivity index (χ0n) is 14.8. The van der Waals surface area contributed by atoms with Crippen molar-refractivity contribution in [1.82, 2.24) is 5.32 Å². The lowest BCUT2D eigenvalue weighted by molar-refractivity contribution is 0.101. The Labute approximate surface area is 159 Å². The molecule has 8 heteroatoms. The first kappa shape index (κ1) is 18.5. The molecule has 0 spiro atoms. The number of carbonyl (C=O) groups excluding carboxylic acids is 2. The molecule has 2 heterocycles. The molecular weight excluding hydrogens is 368 g/mol. The Morgan fingerprint density at radius 1 is 1.07 bits per heavy atom. The van der Waals surface area contributed by atoms with E-state index in [-0.39, 0.29) is 11.8 Å². The van der Waals surface area contributed by atoms with E-state index in [0.717, 1.165) is 4.88 Å². The average molecular weight is 386 g/mol. The standard InChI is InChI=1S/C19H18N2O5S/c1-24-14-7-5-12(10-16(14)25-2)21-19(23)20-11-13-6-8-17(27-13)18(22)15-4-3-9-26-15/h3-10H,11H2,1-2H3,(H2,20,21,23). The summed E-state index contributed by atoms with van der Waals surface area (Å²) in [6.07, 6.45) is 1.46. The molecule has 0 bridgehead atoms. The van der Waals surface area contributed by atoms with Gasteiger partial charge in [0.15, 0.2) is 17.3 Å². The first-order chi connectivity index (χ1) is 13.1. The van der Waals surface area contributed by atoms with Crippen LogP contribution in [0, 0.1) is 0 Å². The number of hydrogen-bond donors (Lipinski definition) is 2. The molecule has 7 nitrogen and oxygen atoms in total. The fourth-order valence-electron chi connectivity index (χ4n) is 2.38. The molecule has 2 aromatic heterocycles. The van der Waals surface area contributed by atoms with Crippen LogP contribution in [0.1, 0.15) is 20.3 Å². The molecule has 0 aliphatic rings. The monoisotopic (exact) mass is 386 g/mol. The van der Waals surface area contributed by atoms with Gasteiger partial charge in [-0.15, -0.1) is 11.3 Å². The molecule has 27 heavy (non-hydrogen) atoms. The van der Waals surface area contributed by atoms with Crippen molar-refractivity contribution < 1.29 is 23.5 Å². The molecule has 3 aromatic rings. The van der Waals surface area contributed by atoms with Crippen LogP contribution in [-0.2, 0) is 6.54 Å². The van der Waals surface area contributed by atoms with Crippen LogP contribution >= 0.6 is 11.3 Å². The van der Waals surface area contributed by atoms with Crippen molar-refractivity contribution in [2.75, 3.05) is 19.5 Å². The number of carbonyl (C=O) groups is 2. The Bertz CT molecular complexity index is 933. The molecule has 0 saturated heterocycles. The first-order valence-corrected chi connectivity index (χ1v) is 8.86. The minimum atomic E-state index is -0.366. The molecule has 2 N–H and O–H groups in total. The van der Waals surface area contributed by atoms with Crippen LogP contribution in [0.5, 0.6) is 11.5 Å². The smallest absolute Gasteiger partial charge is 0.319 e. The first-order valence-electron chi connectivity index (χ1n) is 8.04. The number of thiophene rings is 1. The maximum Gasteiger partial charge on any atom is 0.319 e. The number of methoxy groups -OCH3 is 2. The summed E-state index contributed by atoms with van der Waals surface area (Å²) in [5.74, 6) is 1.22. The summed E-state index contributed by atoms with van der Waals surface area (Å²) < 4.78 is 15.5. The Kier molecular flexibility index (Phi) is 5.77. The summed E-state index contributed by atoms with van der Waals surface area (Å²) in [7, 11) is 3.07. The van der Waals surface area contributed by atoms with Gasteiger partial charge < -0.3 is 24.5 Å². The average Bonchev–Trinajstić information content (AvgIpc) is 3.37. The summed E-state index contributed by atoms with van der Waals surface area (Å²) in [5, 5.41) is 5.48. The van der Waals surface area contributed by atoms with Crippen LogP contribution in [0.2, 0.25) is 0 Å². The number of anilines is 1. The number of ketones is 1. The fourth-order valence-corrected chi connectivity index (χ4v) is 3.27. The van der Waals surface area contributed by atoms with Gasteiger partial charge in [-0.3, -0.25) is 4.79 Å². The highest BCUT2D eigenvalue weighted by Crippen LogP contribution is 2.29. The molecule has 140 valence electrons. The highest BCUT2D eigenvalue weighted by molar-refractivity contribution is 7.14. The van der Waals surface area contributed by atoms with Crippen molar-refractivity contribution in [2.45, 2.75) is 6.54 Å².